The Kier molecular flexibility index (Phi) is 4.07. The lowest BCUT2D eigenvalue weighted by Gasteiger charge is -2.04. The molecule has 17 heavy (non-hydrogen) atoms. The molecule has 0 spiro atoms. The number of hydrogen-bond acceptors (Lipinski definition) is 3. The minimum Gasteiger partial charge on any atom is -0.310 e. The van der Waals surface area contributed by atoms with Gasteiger partial charge in [-0.3, -0.25) is 0 Å². The molecule has 0 fully saturated rings. The summed E-state index contributed by atoms with van der Waals surface area (Å²) in [5, 5.41) is 3.94. The monoisotopic (exact) mass is 247 g/mol. The molecule has 0 saturated heterocycles. The summed E-state index contributed by atoms with van der Waals surface area (Å²) < 4.78 is 0. The van der Waals surface area contributed by atoms with Crippen molar-refractivity contribution in [2.24, 2.45) is 0 Å². The standard InChI is InChI=1S/C13H14ClN3/c1-2-15-9-13-16-8-7-12(17-13)10-3-5-11(14)6-4-10/h3-8,15H,2,9H2,1H3. The highest BCUT2D eigenvalue weighted by atomic mass is 35.5. The van der Waals surface area contributed by atoms with Crippen LogP contribution in [-0.4, -0.2) is 16.5 Å². The Bertz CT molecular complexity index is 482. The number of hydrogen-bond donors (Lipinski definition) is 1. The van der Waals surface area contributed by atoms with Crippen LogP contribution in [0.5, 0.6) is 0 Å². The average Bonchev–Trinajstić information content (AvgIpc) is 2.37. The van der Waals surface area contributed by atoms with Gasteiger partial charge in [0, 0.05) is 16.8 Å². The maximum absolute atomic E-state index is 5.86. The maximum Gasteiger partial charge on any atom is 0.142 e. The van der Waals surface area contributed by atoms with Crippen molar-refractivity contribution in [2.45, 2.75) is 13.5 Å². The first-order chi connectivity index (χ1) is 8.29. The zero-order valence-corrected chi connectivity index (χ0v) is 10.4. The Morgan fingerprint density at radius 3 is 2.65 bits per heavy atom. The van der Waals surface area contributed by atoms with Crippen LogP contribution in [-0.2, 0) is 6.54 Å². The molecule has 1 heterocycles. The molecule has 0 unspecified atom stereocenters. The lowest BCUT2D eigenvalue weighted by molar-refractivity contribution is 0.691. The molecule has 0 atom stereocenters. The molecule has 0 bridgehead atoms. The summed E-state index contributed by atoms with van der Waals surface area (Å²) in [5.74, 6) is 0.805. The van der Waals surface area contributed by atoms with Crippen molar-refractivity contribution in [1.29, 1.82) is 0 Å². The third kappa shape index (κ3) is 3.25. The van der Waals surface area contributed by atoms with Crippen LogP contribution >= 0.6 is 11.6 Å². The summed E-state index contributed by atoms with van der Waals surface area (Å²) in [6.07, 6.45) is 1.78. The topological polar surface area (TPSA) is 37.8 Å². The highest BCUT2D eigenvalue weighted by Gasteiger charge is 2.01. The largest absolute Gasteiger partial charge is 0.310 e. The van der Waals surface area contributed by atoms with Gasteiger partial charge in [0.15, 0.2) is 0 Å². The van der Waals surface area contributed by atoms with Crippen LogP contribution < -0.4 is 5.32 Å². The van der Waals surface area contributed by atoms with E-state index in [4.69, 9.17) is 11.6 Å². The molecule has 0 saturated carbocycles. The predicted octanol–water partition coefficient (Wildman–Crippen LogP) is 2.91. The van der Waals surface area contributed by atoms with Gasteiger partial charge in [-0.15, -0.1) is 0 Å². The number of nitrogens with one attached hydrogen (secondary N) is 1. The summed E-state index contributed by atoms with van der Waals surface area (Å²) in [5.41, 5.74) is 1.97. The maximum atomic E-state index is 5.86. The number of nitrogens with zero attached hydrogens (tertiary/aromatic N) is 2. The van der Waals surface area contributed by atoms with Gasteiger partial charge in [-0.05, 0) is 24.7 Å². The van der Waals surface area contributed by atoms with Crippen molar-refractivity contribution in [3.63, 3.8) is 0 Å². The van der Waals surface area contributed by atoms with Gasteiger partial charge in [0.1, 0.15) is 5.82 Å². The number of rotatable bonds is 4. The Morgan fingerprint density at radius 2 is 1.94 bits per heavy atom. The molecule has 0 aliphatic carbocycles. The van der Waals surface area contributed by atoms with Crippen LogP contribution in [0.3, 0.4) is 0 Å². The number of aromatic nitrogens is 2. The third-order valence-electron chi connectivity index (χ3n) is 2.38. The zero-order valence-electron chi connectivity index (χ0n) is 9.65. The van der Waals surface area contributed by atoms with Gasteiger partial charge in [-0.1, -0.05) is 30.7 Å². The van der Waals surface area contributed by atoms with Gasteiger partial charge < -0.3 is 5.32 Å². The van der Waals surface area contributed by atoms with Crippen molar-refractivity contribution < 1.29 is 0 Å². The van der Waals surface area contributed by atoms with Crippen LogP contribution in [0, 0.1) is 0 Å². The second-order valence-corrected chi connectivity index (χ2v) is 4.08. The SMILES string of the molecule is CCNCc1nccc(-c2ccc(Cl)cc2)n1. The van der Waals surface area contributed by atoms with Crippen molar-refractivity contribution in [1.82, 2.24) is 15.3 Å². The highest BCUT2D eigenvalue weighted by Crippen LogP contribution is 2.19. The van der Waals surface area contributed by atoms with E-state index in [1.54, 1.807) is 6.20 Å². The molecule has 88 valence electrons. The molecule has 2 rings (SSSR count). The fourth-order valence-electron chi connectivity index (χ4n) is 1.50. The van der Waals surface area contributed by atoms with E-state index in [-0.39, 0.29) is 0 Å². The van der Waals surface area contributed by atoms with Crippen LogP contribution in [0.1, 0.15) is 12.7 Å². The minimum absolute atomic E-state index is 0.692. The van der Waals surface area contributed by atoms with Crippen molar-refractivity contribution in [3.05, 3.63) is 47.4 Å². The van der Waals surface area contributed by atoms with E-state index in [9.17, 15) is 0 Å². The van der Waals surface area contributed by atoms with Crippen molar-refractivity contribution in [2.75, 3.05) is 6.54 Å². The Labute approximate surface area is 106 Å². The van der Waals surface area contributed by atoms with Crippen LogP contribution in [0.4, 0.5) is 0 Å². The molecule has 1 aromatic carbocycles. The van der Waals surface area contributed by atoms with Crippen LogP contribution in [0.25, 0.3) is 11.3 Å². The summed E-state index contributed by atoms with van der Waals surface area (Å²) in [4.78, 5) is 8.71. The predicted molar refractivity (Wildman–Crippen MR) is 69.9 cm³/mol. The van der Waals surface area contributed by atoms with Gasteiger partial charge in [0.2, 0.25) is 0 Å². The van der Waals surface area contributed by atoms with E-state index in [0.29, 0.717) is 6.54 Å². The van der Waals surface area contributed by atoms with Gasteiger partial charge in [0.25, 0.3) is 0 Å². The smallest absolute Gasteiger partial charge is 0.142 e. The molecular weight excluding hydrogens is 234 g/mol. The molecule has 2 aromatic rings. The first-order valence-electron chi connectivity index (χ1n) is 5.58. The second-order valence-electron chi connectivity index (χ2n) is 3.65. The second kappa shape index (κ2) is 5.75. The van der Waals surface area contributed by atoms with Crippen LogP contribution in [0.15, 0.2) is 36.5 Å². The van der Waals surface area contributed by atoms with Gasteiger partial charge in [-0.2, -0.15) is 0 Å². The molecule has 0 aliphatic heterocycles. The zero-order chi connectivity index (χ0) is 12.1. The molecule has 1 N–H and O–H groups in total. The van der Waals surface area contributed by atoms with E-state index in [1.807, 2.05) is 30.3 Å². The quantitative estimate of drug-likeness (QED) is 0.903. The van der Waals surface area contributed by atoms with Crippen LogP contribution in [0.2, 0.25) is 5.02 Å². The Balaban J connectivity index is 2.23. The van der Waals surface area contributed by atoms with E-state index in [0.717, 1.165) is 28.6 Å². The summed E-state index contributed by atoms with van der Waals surface area (Å²) in [6, 6.07) is 9.55. The fourth-order valence-corrected chi connectivity index (χ4v) is 1.63. The molecule has 0 aliphatic rings. The lowest BCUT2D eigenvalue weighted by atomic mass is 10.1. The third-order valence-corrected chi connectivity index (χ3v) is 2.63. The molecule has 0 radical (unpaired) electrons. The summed E-state index contributed by atoms with van der Waals surface area (Å²) in [7, 11) is 0. The van der Waals surface area contributed by atoms with E-state index in [1.165, 1.54) is 0 Å². The normalized spacial score (nSPS) is 10.5. The summed E-state index contributed by atoms with van der Waals surface area (Å²) >= 11 is 5.86. The first kappa shape index (κ1) is 12.0. The molecule has 3 nitrogen and oxygen atoms in total. The molecule has 1 aromatic heterocycles. The summed E-state index contributed by atoms with van der Waals surface area (Å²) in [6.45, 7) is 3.66. The Morgan fingerprint density at radius 1 is 1.18 bits per heavy atom. The first-order valence-corrected chi connectivity index (χ1v) is 5.96. The minimum atomic E-state index is 0.692. The fraction of sp³-hybridized carbons (Fsp3) is 0.231. The van der Waals surface area contributed by atoms with Crippen molar-refractivity contribution in [3.8, 4) is 11.3 Å². The Hall–Kier alpha value is -1.45. The van der Waals surface area contributed by atoms with E-state index < -0.39 is 0 Å². The lowest BCUT2D eigenvalue weighted by Crippen LogP contribution is -2.14. The molecular formula is C13H14ClN3. The van der Waals surface area contributed by atoms with E-state index in [2.05, 4.69) is 22.2 Å². The van der Waals surface area contributed by atoms with E-state index >= 15 is 0 Å². The van der Waals surface area contributed by atoms with Gasteiger partial charge >= 0.3 is 0 Å². The van der Waals surface area contributed by atoms with Crippen molar-refractivity contribution >= 4 is 11.6 Å². The molecule has 0 amide bonds. The highest BCUT2D eigenvalue weighted by molar-refractivity contribution is 6.30. The number of halogens is 1. The van der Waals surface area contributed by atoms with Gasteiger partial charge in [0.05, 0.1) is 12.2 Å². The van der Waals surface area contributed by atoms with Gasteiger partial charge in [-0.25, -0.2) is 9.97 Å². The molecule has 4 heteroatoms. The average molecular weight is 248 g/mol. The number of benzene rings is 1.